The van der Waals surface area contributed by atoms with Gasteiger partial charge in [0.05, 0.1) is 5.56 Å². The van der Waals surface area contributed by atoms with Crippen LogP contribution >= 0.6 is 0 Å². The molecular weight excluding hydrogens is 262 g/mol. The van der Waals surface area contributed by atoms with Crippen LogP contribution in [0.25, 0.3) is 11.1 Å². The zero-order chi connectivity index (χ0) is 14.0. The topological polar surface area (TPSA) is 30.0 Å². The predicted octanol–water partition coefficient (Wildman–Crippen LogP) is 3.72. The number of carbonyl (C=O) groups excluding carboxylic acids is 1. The van der Waals surface area contributed by atoms with E-state index in [2.05, 4.69) is 4.98 Å². The van der Waals surface area contributed by atoms with E-state index in [0.717, 1.165) is 18.3 Å². The van der Waals surface area contributed by atoms with Gasteiger partial charge in [0.25, 0.3) is 0 Å². The van der Waals surface area contributed by atoms with Crippen LogP contribution in [0.4, 0.5) is 17.6 Å². The molecule has 0 amide bonds. The number of hydrogen-bond donors (Lipinski definition) is 0. The normalized spacial score (nSPS) is 11.4. The third-order valence-electron chi connectivity index (χ3n) is 2.51. The highest BCUT2D eigenvalue weighted by Crippen LogP contribution is 2.29. The fourth-order valence-corrected chi connectivity index (χ4v) is 1.53. The van der Waals surface area contributed by atoms with Crippen LogP contribution in [0.3, 0.4) is 0 Å². The lowest BCUT2D eigenvalue weighted by Gasteiger charge is -2.07. The van der Waals surface area contributed by atoms with Gasteiger partial charge in [-0.1, -0.05) is 12.1 Å². The van der Waals surface area contributed by atoms with Crippen LogP contribution < -0.4 is 0 Å². The number of alkyl halides is 3. The highest BCUT2D eigenvalue weighted by Gasteiger charge is 2.32. The van der Waals surface area contributed by atoms with Gasteiger partial charge in [0.2, 0.25) is 0 Å². The molecule has 2 rings (SSSR count). The minimum absolute atomic E-state index is 0.108. The Hall–Kier alpha value is -2.24. The Balaban J connectivity index is 2.37. The molecule has 0 unspecified atom stereocenters. The van der Waals surface area contributed by atoms with E-state index >= 15 is 0 Å². The Bertz CT molecular complexity index is 605. The van der Waals surface area contributed by atoms with Crippen LogP contribution in [-0.2, 0) is 6.18 Å². The summed E-state index contributed by atoms with van der Waals surface area (Å²) in [6.45, 7) is 0. The fraction of sp³-hybridized carbons (Fsp3) is 0.0769. The first-order valence-corrected chi connectivity index (χ1v) is 5.20. The molecule has 0 aliphatic carbocycles. The van der Waals surface area contributed by atoms with Crippen LogP contribution in [0, 0.1) is 5.82 Å². The summed E-state index contributed by atoms with van der Waals surface area (Å²) < 4.78 is 50.3. The molecular formula is C13H7F4NO. The molecule has 0 radical (unpaired) electrons. The lowest BCUT2D eigenvalue weighted by molar-refractivity contribution is -0.141. The largest absolute Gasteiger partial charge is 0.433 e. The van der Waals surface area contributed by atoms with Gasteiger partial charge < -0.3 is 0 Å². The number of carbonyl (C=O) groups is 1. The summed E-state index contributed by atoms with van der Waals surface area (Å²) in [4.78, 5) is 13.7. The van der Waals surface area contributed by atoms with Crippen molar-refractivity contribution in [3.05, 3.63) is 53.6 Å². The SMILES string of the molecule is O=Cc1ccc(-c2ccc(C(F)(F)F)nc2)cc1F. The van der Waals surface area contributed by atoms with Crippen molar-refractivity contribution in [1.82, 2.24) is 4.98 Å². The minimum Gasteiger partial charge on any atom is -0.298 e. The van der Waals surface area contributed by atoms with Crippen molar-refractivity contribution in [2.24, 2.45) is 0 Å². The third-order valence-corrected chi connectivity index (χ3v) is 2.51. The Morgan fingerprint density at radius 3 is 2.21 bits per heavy atom. The Morgan fingerprint density at radius 2 is 1.74 bits per heavy atom. The second-order valence-corrected chi connectivity index (χ2v) is 3.78. The van der Waals surface area contributed by atoms with E-state index in [1.54, 1.807) is 0 Å². The molecule has 0 bridgehead atoms. The number of hydrogen-bond acceptors (Lipinski definition) is 2. The molecule has 0 N–H and O–H groups in total. The summed E-state index contributed by atoms with van der Waals surface area (Å²) in [5.41, 5.74) is -0.432. The van der Waals surface area contributed by atoms with Gasteiger partial charge in [0.1, 0.15) is 11.5 Å². The molecule has 1 heterocycles. The Kier molecular flexibility index (Phi) is 3.33. The van der Waals surface area contributed by atoms with Crippen molar-refractivity contribution < 1.29 is 22.4 Å². The quantitative estimate of drug-likeness (QED) is 0.614. The van der Waals surface area contributed by atoms with E-state index < -0.39 is 17.7 Å². The molecule has 0 aliphatic heterocycles. The number of benzene rings is 1. The van der Waals surface area contributed by atoms with Crippen LogP contribution in [0.15, 0.2) is 36.5 Å². The molecule has 0 atom stereocenters. The minimum atomic E-state index is -4.51. The first-order valence-electron chi connectivity index (χ1n) is 5.20. The molecule has 6 heteroatoms. The molecule has 0 spiro atoms. The Morgan fingerprint density at radius 1 is 1.05 bits per heavy atom. The van der Waals surface area contributed by atoms with Gasteiger partial charge in [0.15, 0.2) is 6.29 Å². The number of aromatic nitrogens is 1. The number of halogens is 4. The van der Waals surface area contributed by atoms with E-state index in [4.69, 9.17) is 0 Å². The zero-order valence-electron chi connectivity index (χ0n) is 9.41. The highest BCUT2D eigenvalue weighted by molar-refractivity contribution is 5.77. The van der Waals surface area contributed by atoms with Crippen molar-refractivity contribution in [2.75, 3.05) is 0 Å². The molecule has 1 aromatic carbocycles. The Labute approximate surface area is 105 Å². The number of nitrogens with zero attached hydrogens (tertiary/aromatic N) is 1. The molecule has 19 heavy (non-hydrogen) atoms. The molecule has 0 fully saturated rings. The summed E-state index contributed by atoms with van der Waals surface area (Å²) in [6.07, 6.45) is -3.13. The van der Waals surface area contributed by atoms with Gasteiger partial charge in [0, 0.05) is 11.8 Å². The van der Waals surface area contributed by atoms with Gasteiger partial charge in [-0.2, -0.15) is 13.2 Å². The maximum absolute atomic E-state index is 13.4. The van der Waals surface area contributed by atoms with E-state index in [1.807, 2.05) is 0 Å². The van der Waals surface area contributed by atoms with Crippen molar-refractivity contribution in [3.63, 3.8) is 0 Å². The smallest absolute Gasteiger partial charge is 0.298 e. The van der Waals surface area contributed by atoms with Crippen LogP contribution in [0.2, 0.25) is 0 Å². The number of pyridine rings is 1. The molecule has 2 nitrogen and oxygen atoms in total. The second-order valence-electron chi connectivity index (χ2n) is 3.78. The summed E-state index contributed by atoms with van der Waals surface area (Å²) in [5, 5.41) is 0. The molecule has 2 aromatic rings. The second kappa shape index (κ2) is 4.79. The highest BCUT2D eigenvalue weighted by atomic mass is 19.4. The van der Waals surface area contributed by atoms with E-state index in [1.165, 1.54) is 18.2 Å². The molecule has 1 aromatic heterocycles. The van der Waals surface area contributed by atoms with Crippen molar-refractivity contribution in [1.29, 1.82) is 0 Å². The van der Waals surface area contributed by atoms with E-state index in [9.17, 15) is 22.4 Å². The van der Waals surface area contributed by atoms with Crippen molar-refractivity contribution >= 4 is 6.29 Å². The average molecular weight is 269 g/mol. The molecule has 0 saturated heterocycles. The molecule has 98 valence electrons. The molecule has 0 saturated carbocycles. The van der Waals surface area contributed by atoms with Crippen LogP contribution in [-0.4, -0.2) is 11.3 Å². The fourth-order valence-electron chi connectivity index (χ4n) is 1.53. The van der Waals surface area contributed by atoms with Crippen molar-refractivity contribution in [3.8, 4) is 11.1 Å². The maximum atomic E-state index is 13.4. The summed E-state index contributed by atoms with van der Waals surface area (Å²) in [5.74, 6) is -0.729. The van der Waals surface area contributed by atoms with Crippen LogP contribution in [0.1, 0.15) is 16.1 Å². The van der Waals surface area contributed by atoms with Gasteiger partial charge in [-0.3, -0.25) is 9.78 Å². The number of rotatable bonds is 2. The number of aldehydes is 1. The third kappa shape index (κ3) is 2.78. The van der Waals surface area contributed by atoms with E-state index in [0.29, 0.717) is 17.4 Å². The standard InChI is InChI=1S/C13H7F4NO/c14-11-5-8(1-2-10(11)7-19)9-3-4-12(18-6-9)13(15,16)17/h1-7H. The summed E-state index contributed by atoms with van der Waals surface area (Å²) in [7, 11) is 0. The van der Waals surface area contributed by atoms with Crippen molar-refractivity contribution in [2.45, 2.75) is 6.18 Å². The maximum Gasteiger partial charge on any atom is 0.433 e. The lowest BCUT2D eigenvalue weighted by Crippen LogP contribution is -2.07. The lowest BCUT2D eigenvalue weighted by atomic mass is 10.1. The van der Waals surface area contributed by atoms with Gasteiger partial charge in [-0.25, -0.2) is 4.39 Å². The predicted molar refractivity (Wildman–Crippen MR) is 60.0 cm³/mol. The summed E-state index contributed by atoms with van der Waals surface area (Å²) in [6, 6.07) is 5.80. The first kappa shape index (κ1) is 13.2. The van der Waals surface area contributed by atoms with Gasteiger partial charge >= 0.3 is 6.18 Å². The first-order chi connectivity index (χ1) is 8.91. The van der Waals surface area contributed by atoms with Gasteiger partial charge in [-0.05, 0) is 23.8 Å². The summed E-state index contributed by atoms with van der Waals surface area (Å²) >= 11 is 0. The average Bonchev–Trinajstić information content (AvgIpc) is 2.38. The van der Waals surface area contributed by atoms with Gasteiger partial charge in [-0.15, -0.1) is 0 Å². The molecule has 0 aliphatic rings. The zero-order valence-corrected chi connectivity index (χ0v) is 9.41. The van der Waals surface area contributed by atoms with Crippen LogP contribution in [0.5, 0.6) is 0 Å². The monoisotopic (exact) mass is 269 g/mol. The van der Waals surface area contributed by atoms with E-state index in [-0.39, 0.29) is 5.56 Å².